The Morgan fingerprint density at radius 1 is 0.300 bits per heavy atom. The van der Waals surface area contributed by atoms with Crippen LogP contribution >= 0.6 is 0 Å². The van der Waals surface area contributed by atoms with Crippen LogP contribution in [0.1, 0.15) is 160 Å². The number of hydrogen-bond donors (Lipinski definition) is 2. The zero-order chi connectivity index (χ0) is 35.2. The summed E-state index contributed by atoms with van der Waals surface area (Å²) in [6.45, 7) is 4.17. The Morgan fingerprint density at radius 3 is 0.820 bits per heavy atom. The molecule has 0 bridgehead atoms. The molecule has 0 spiro atoms. The fourth-order valence-electron chi connectivity index (χ4n) is 7.30. The number of aryl methyl sites for hydroxylation is 4. The van der Waals surface area contributed by atoms with Crippen LogP contribution in [0.15, 0.2) is 84.9 Å². The Hall–Kier alpha value is -3.52. The largest absolute Gasteiger partial charge is 0.399 e. The molecule has 0 radical (unpaired) electrons. The smallest absolute Gasteiger partial charge is 0.0343 e. The van der Waals surface area contributed by atoms with Gasteiger partial charge < -0.3 is 11.5 Å². The van der Waals surface area contributed by atoms with Crippen LogP contribution in [0.2, 0.25) is 0 Å². The molecule has 50 heavy (non-hydrogen) atoms. The minimum atomic E-state index is 0.880. The second kappa shape index (κ2) is 23.0. The Morgan fingerprint density at radius 2 is 0.540 bits per heavy atom. The van der Waals surface area contributed by atoms with E-state index >= 15 is 0 Å². The molecule has 2 heteroatoms. The fraction of sp³-hybridized carbons (Fsp3) is 0.500. The average molecular weight is 673 g/mol. The molecule has 0 unspecified atom stereocenters. The molecule has 0 saturated heterocycles. The van der Waals surface area contributed by atoms with Crippen LogP contribution in [0.4, 0.5) is 11.4 Å². The molecule has 0 heterocycles. The molecule has 4 N–H and O–H groups in total. The minimum Gasteiger partial charge on any atom is -0.399 e. The molecule has 4 aromatic carbocycles. The average Bonchev–Trinajstić information content (AvgIpc) is 3.12. The van der Waals surface area contributed by atoms with Crippen molar-refractivity contribution in [2.24, 2.45) is 0 Å². The van der Waals surface area contributed by atoms with Gasteiger partial charge in [-0.1, -0.05) is 176 Å². The summed E-state index contributed by atoms with van der Waals surface area (Å²) in [5.74, 6) is 0. The lowest BCUT2D eigenvalue weighted by Gasteiger charge is -2.07. The van der Waals surface area contributed by atoms with Gasteiger partial charge in [-0.2, -0.15) is 0 Å². The van der Waals surface area contributed by atoms with Gasteiger partial charge in [0.05, 0.1) is 0 Å². The first kappa shape index (κ1) is 39.3. The first-order valence-corrected chi connectivity index (χ1v) is 20.3. The summed E-state index contributed by atoms with van der Waals surface area (Å²) >= 11 is 0. The lowest BCUT2D eigenvalue weighted by molar-refractivity contribution is 0.524. The summed E-state index contributed by atoms with van der Waals surface area (Å²) in [5.41, 5.74) is 24.4. The van der Waals surface area contributed by atoms with E-state index in [-0.39, 0.29) is 0 Å². The van der Waals surface area contributed by atoms with Gasteiger partial charge in [-0.3, -0.25) is 0 Å². The molecule has 4 aromatic rings. The van der Waals surface area contributed by atoms with Gasteiger partial charge in [0.25, 0.3) is 0 Å². The van der Waals surface area contributed by atoms with Crippen LogP contribution < -0.4 is 11.5 Å². The topological polar surface area (TPSA) is 52.0 Å². The number of hydrogen-bond acceptors (Lipinski definition) is 2. The zero-order valence-corrected chi connectivity index (χ0v) is 31.8. The van der Waals surface area contributed by atoms with Crippen molar-refractivity contribution in [1.29, 1.82) is 0 Å². The molecule has 0 aliphatic carbocycles. The molecule has 2 nitrogen and oxygen atoms in total. The molecule has 0 aromatic heterocycles. The summed E-state index contributed by atoms with van der Waals surface area (Å²) in [4.78, 5) is 0. The number of rotatable bonds is 25. The Bertz CT molecular complexity index is 1370. The van der Waals surface area contributed by atoms with E-state index in [0.717, 1.165) is 24.2 Å². The molecular weight excluding hydrogens is 605 g/mol. The highest BCUT2D eigenvalue weighted by Crippen LogP contribution is 2.20. The van der Waals surface area contributed by atoms with E-state index in [4.69, 9.17) is 11.5 Å². The summed E-state index contributed by atoms with van der Waals surface area (Å²) < 4.78 is 0. The number of anilines is 2. The van der Waals surface area contributed by atoms with Crippen LogP contribution in [-0.2, 0) is 25.7 Å². The maximum absolute atomic E-state index is 5.97. The van der Waals surface area contributed by atoms with Crippen LogP contribution in [0.25, 0.3) is 0 Å². The quantitative estimate of drug-likeness (QED) is 0.0544. The van der Waals surface area contributed by atoms with Gasteiger partial charge in [0.1, 0.15) is 0 Å². The van der Waals surface area contributed by atoms with E-state index in [2.05, 4.69) is 86.6 Å². The van der Waals surface area contributed by atoms with E-state index < -0.39 is 0 Å². The van der Waals surface area contributed by atoms with Gasteiger partial charge in [0, 0.05) is 11.4 Å². The minimum absolute atomic E-state index is 0.880. The third-order valence-electron chi connectivity index (χ3n) is 10.7. The van der Waals surface area contributed by atoms with E-state index in [9.17, 15) is 0 Å². The molecule has 0 amide bonds. The van der Waals surface area contributed by atoms with E-state index in [1.165, 1.54) is 173 Å². The Kier molecular flexibility index (Phi) is 18.1. The maximum Gasteiger partial charge on any atom is 0.0343 e. The monoisotopic (exact) mass is 673 g/mol. The molecule has 0 aliphatic heterocycles. The summed E-state index contributed by atoms with van der Waals surface area (Å²) in [5, 5.41) is 0. The highest BCUT2D eigenvalue weighted by atomic mass is 14.6. The highest BCUT2D eigenvalue weighted by Gasteiger charge is 2.03. The van der Waals surface area contributed by atoms with Gasteiger partial charge in [0.2, 0.25) is 0 Å². The number of nitrogens with two attached hydrogens (primary N) is 2. The number of unbranched alkanes of at least 4 members (excludes halogenated alkanes) is 17. The first-order valence-electron chi connectivity index (χ1n) is 20.3. The molecule has 0 atom stereocenters. The number of benzene rings is 4. The third kappa shape index (κ3) is 15.6. The van der Waals surface area contributed by atoms with Crippen LogP contribution in [0, 0.1) is 13.8 Å². The molecule has 0 fully saturated rings. The van der Waals surface area contributed by atoms with Crippen molar-refractivity contribution in [3.05, 3.63) is 129 Å². The predicted octanol–water partition coefficient (Wildman–Crippen LogP) is 13.5. The van der Waals surface area contributed by atoms with E-state index in [1.54, 1.807) is 0 Å². The van der Waals surface area contributed by atoms with Crippen molar-refractivity contribution in [3.8, 4) is 0 Å². The standard InChI is InChI=1S/C48H68N2/c1-39-35-45(31-33-47(39)49)37-43-27-23-41(24-28-43)21-19-17-15-13-11-9-7-5-3-4-6-8-10-12-14-16-18-20-22-42-25-29-44(30-26-42)38-46-32-34-48(50)40(2)36-46/h23-36H,3-22,37-38,49-50H2,1-2H3. The first-order chi connectivity index (χ1) is 24.5. The van der Waals surface area contributed by atoms with Crippen molar-refractivity contribution in [2.45, 2.75) is 155 Å². The number of nitrogen functional groups attached to an aromatic ring is 2. The van der Waals surface area contributed by atoms with Crippen molar-refractivity contribution < 1.29 is 0 Å². The van der Waals surface area contributed by atoms with Crippen molar-refractivity contribution in [2.75, 3.05) is 11.5 Å². The third-order valence-corrected chi connectivity index (χ3v) is 10.7. The predicted molar refractivity (Wildman–Crippen MR) is 220 cm³/mol. The van der Waals surface area contributed by atoms with Crippen molar-refractivity contribution in [1.82, 2.24) is 0 Å². The van der Waals surface area contributed by atoms with Crippen LogP contribution in [0.3, 0.4) is 0 Å². The Balaban J connectivity index is 0.867. The van der Waals surface area contributed by atoms with Gasteiger partial charge in [-0.15, -0.1) is 0 Å². The van der Waals surface area contributed by atoms with Gasteiger partial charge in [0.15, 0.2) is 0 Å². The SMILES string of the molecule is Cc1cc(Cc2ccc(CCCCCCCCCCCCCCCCCCCCc3ccc(Cc4ccc(N)c(C)c4)cc3)cc2)ccc1N. The zero-order valence-electron chi connectivity index (χ0n) is 31.8. The lowest BCUT2D eigenvalue weighted by atomic mass is 9.99. The molecule has 0 aliphatic rings. The van der Waals surface area contributed by atoms with E-state index in [1.807, 2.05) is 12.1 Å². The van der Waals surface area contributed by atoms with Gasteiger partial charge >= 0.3 is 0 Å². The summed E-state index contributed by atoms with van der Waals surface area (Å²) in [6.07, 6.45) is 29.8. The molecule has 0 saturated carbocycles. The molecular formula is C48H68N2. The van der Waals surface area contributed by atoms with Crippen molar-refractivity contribution >= 4 is 11.4 Å². The fourth-order valence-corrected chi connectivity index (χ4v) is 7.30. The maximum atomic E-state index is 5.97. The highest BCUT2D eigenvalue weighted by molar-refractivity contribution is 5.49. The second-order valence-corrected chi connectivity index (χ2v) is 15.2. The lowest BCUT2D eigenvalue weighted by Crippen LogP contribution is -1.94. The van der Waals surface area contributed by atoms with Crippen molar-refractivity contribution in [3.63, 3.8) is 0 Å². The normalized spacial score (nSPS) is 11.3. The van der Waals surface area contributed by atoms with Crippen LogP contribution in [0.5, 0.6) is 0 Å². The Labute approximate surface area is 306 Å². The summed E-state index contributed by atoms with van der Waals surface area (Å²) in [6, 6.07) is 31.3. The van der Waals surface area contributed by atoms with E-state index in [0.29, 0.717) is 0 Å². The van der Waals surface area contributed by atoms with Gasteiger partial charge in [-0.25, -0.2) is 0 Å². The second-order valence-electron chi connectivity index (χ2n) is 15.2. The molecule has 4 rings (SSSR count). The van der Waals surface area contributed by atoms with Crippen LogP contribution in [-0.4, -0.2) is 0 Å². The van der Waals surface area contributed by atoms with Gasteiger partial charge in [-0.05, 0) is 109 Å². The molecule has 270 valence electrons. The summed E-state index contributed by atoms with van der Waals surface area (Å²) in [7, 11) is 0.